The number of carbonyl (C=O) groups excluding carboxylic acids is 2. The van der Waals surface area contributed by atoms with Gasteiger partial charge in [0.15, 0.2) is 0 Å². The fraction of sp³-hybridized carbons (Fsp3) is 0.227. The van der Waals surface area contributed by atoms with Crippen LogP contribution in [0.3, 0.4) is 0 Å². The number of H-pyrrole nitrogens is 2. The van der Waals surface area contributed by atoms with Gasteiger partial charge < -0.3 is 15.6 Å². The van der Waals surface area contributed by atoms with Crippen LogP contribution in [0.25, 0.3) is 16.9 Å². The van der Waals surface area contributed by atoms with Gasteiger partial charge in [-0.3, -0.25) is 19.4 Å². The molecule has 4 aromatic rings. The Morgan fingerprint density at radius 2 is 1.97 bits per heavy atom. The Kier molecular flexibility index (Phi) is 5.84. The molecule has 0 aliphatic carbocycles. The highest BCUT2D eigenvalue weighted by atomic mass is 16.2. The van der Waals surface area contributed by atoms with Crippen LogP contribution >= 0.6 is 0 Å². The van der Waals surface area contributed by atoms with Gasteiger partial charge in [0.1, 0.15) is 5.82 Å². The molecule has 1 aromatic carbocycles. The molecular weight excluding hydrogens is 410 g/mol. The number of benzene rings is 1. The van der Waals surface area contributed by atoms with Crippen molar-refractivity contribution in [2.45, 2.75) is 26.7 Å². The summed E-state index contributed by atoms with van der Waals surface area (Å²) in [6.45, 7) is 3.91. The lowest BCUT2D eigenvalue weighted by molar-refractivity contribution is -0.136. The number of aromatic amines is 2. The third-order valence-corrected chi connectivity index (χ3v) is 4.98. The number of hydrogen-bond acceptors (Lipinski definition) is 5. The Hall–Kier alpha value is -4.21. The normalized spacial score (nSPS) is 10.9. The Labute approximate surface area is 183 Å². The molecule has 3 aromatic heterocycles. The van der Waals surface area contributed by atoms with Gasteiger partial charge in [-0.15, -0.1) is 0 Å². The van der Waals surface area contributed by atoms with Crippen molar-refractivity contribution in [1.82, 2.24) is 30.0 Å². The van der Waals surface area contributed by atoms with Crippen molar-refractivity contribution in [3.05, 3.63) is 69.9 Å². The average molecular weight is 433 g/mol. The lowest BCUT2D eigenvalue weighted by atomic mass is 10.1. The van der Waals surface area contributed by atoms with E-state index in [0.717, 1.165) is 16.5 Å². The van der Waals surface area contributed by atoms with Crippen molar-refractivity contribution >= 4 is 28.5 Å². The molecule has 32 heavy (non-hydrogen) atoms. The monoisotopic (exact) mass is 433 g/mol. The summed E-state index contributed by atoms with van der Waals surface area (Å²) >= 11 is 0. The highest BCUT2D eigenvalue weighted by Gasteiger charge is 2.18. The van der Waals surface area contributed by atoms with Crippen LogP contribution in [0.2, 0.25) is 0 Å². The minimum atomic E-state index is -0.834. The molecule has 0 bridgehead atoms. The van der Waals surface area contributed by atoms with Crippen molar-refractivity contribution in [2.24, 2.45) is 0 Å². The van der Waals surface area contributed by atoms with Gasteiger partial charge in [-0.05, 0) is 31.4 Å². The largest absolute Gasteiger partial charge is 0.361 e. The zero-order valence-corrected chi connectivity index (χ0v) is 17.7. The third kappa shape index (κ3) is 4.43. The maximum atomic E-state index is 12.4. The number of para-hydroxylation sites is 1. The van der Waals surface area contributed by atoms with Gasteiger partial charge in [0, 0.05) is 41.5 Å². The van der Waals surface area contributed by atoms with E-state index in [-0.39, 0.29) is 17.3 Å². The van der Waals surface area contributed by atoms with Gasteiger partial charge in [-0.1, -0.05) is 25.1 Å². The summed E-state index contributed by atoms with van der Waals surface area (Å²) in [6.07, 6.45) is 3.04. The zero-order valence-electron chi connectivity index (χ0n) is 17.7. The number of aryl methyl sites for hydroxylation is 2. The molecule has 0 saturated carbocycles. The van der Waals surface area contributed by atoms with Crippen LogP contribution in [-0.2, 0) is 22.4 Å². The lowest BCUT2D eigenvalue weighted by Gasteiger charge is -2.09. The molecule has 4 N–H and O–H groups in total. The number of anilines is 1. The molecule has 2 amide bonds. The van der Waals surface area contributed by atoms with Crippen LogP contribution in [0.15, 0.2) is 47.4 Å². The molecule has 164 valence electrons. The average Bonchev–Trinajstić information content (AvgIpc) is 3.36. The van der Waals surface area contributed by atoms with E-state index in [1.165, 1.54) is 10.7 Å². The number of nitrogens with zero attached hydrogens (tertiary/aromatic N) is 3. The Morgan fingerprint density at radius 1 is 1.16 bits per heavy atom. The molecule has 0 aliphatic heterocycles. The van der Waals surface area contributed by atoms with Crippen molar-refractivity contribution in [3.8, 4) is 5.95 Å². The summed E-state index contributed by atoms with van der Waals surface area (Å²) in [5, 5.41) is 10.5. The molecule has 10 nitrogen and oxygen atoms in total. The SMILES string of the molecule is CCc1cc(=O)[nH]c(-n2nc(C)cc2NC(=O)C(=O)NCCc2c[nH]c3ccccc23)n1. The maximum absolute atomic E-state index is 12.4. The van der Waals surface area contributed by atoms with Crippen LogP contribution in [0.5, 0.6) is 0 Å². The molecular formula is C22H23N7O3. The second kappa shape index (κ2) is 8.88. The molecule has 0 atom stereocenters. The van der Waals surface area contributed by atoms with Crippen molar-refractivity contribution in [2.75, 3.05) is 11.9 Å². The summed E-state index contributed by atoms with van der Waals surface area (Å²) in [5.41, 5.74) is 2.93. The molecule has 0 unspecified atom stereocenters. The molecule has 3 heterocycles. The van der Waals surface area contributed by atoms with Gasteiger partial charge in [0.25, 0.3) is 5.56 Å². The van der Waals surface area contributed by atoms with E-state index in [2.05, 4.69) is 30.7 Å². The number of nitrogens with one attached hydrogen (secondary N) is 4. The van der Waals surface area contributed by atoms with Gasteiger partial charge in [0.05, 0.1) is 5.69 Å². The first-order valence-electron chi connectivity index (χ1n) is 10.3. The van der Waals surface area contributed by atoms with Gasteiger partial charge in [-0.25, -0.2) is 4.98 Å². The number of rotatable bonds is 6. The van der Waals surface area contributed by atoms with E-state index in [1.54, 1.807) is 13.0 Å². The Bertz CT molecular complexity index is 1350. The van der Waals surface area contributed by atoms with Crippen LogP contribution in [0.4, 0.5) is 5.82 Å². The quantitative estimate of drug-likeness (QED) is 0.342. The third-order valence-electron chi connectivity index (χ3n) is 4.98. The van der Waals surface area contributed by atoms with Crippen LogP contribution < -0.4 is 16.2 Å². The second-order valence-corrected chi connectivity index (χ2v) is 7.32. The molecule has 0 spiro atoms. The predicted octanol–water partition coefficient (Wildman–Crippen LogP) is 1.61. The Balaban J connectivity index is 1.42. The van der Waals surface area contributed by atoms with Gasteiger partial charge in [0.2, 0.25) is 5.95 Å². The van der Waals surface area contributed by atoms with E-state index in [1.807, 2.05) is 37.4 Å². The van der Waals surface area contributed by atoms with Crippen molar-refractivity contribution in [3.63, 3.8) is 0 Å². The van der Waals surface area contributed by atoms with Gasteiger partial charge >= 0.3 is 11.8 Å². The minimum absolute atomic E-state index is 0.164. The van der Waals surface area contributed by atoms with Crippen LogP contribution in [0.1, 0.15) is 23.9 Å². The van der Waals surface area contributed by atoms with Crippen molar-refractivity contribution in [1.29, 1.82) is 0 Å². The molecule has 10 heteroatoms. The summed E-state index contributed by atoms with van der Waals surface area (Å²) in [6, 6.07) is 10.9. The van der Waals surface area contributed by atoms with Crippen LogP contribution in [-0.4, -0.2) is 43.1 Å². The van der Waals surface area contributed by atoms with Crippen LogP contribution in [0, 0.1) is 6.92 Å². The number of fused-ring (bicyclic) bond motifs is 1. The first-order chi connectivity index (χ1) is 15.4. The number of carbonyl (C=O) groups is 2. The summed E-state index contributed by atoms with van der Waals surface area (Å²) in [7, 11) is 0. The maximum Gasteiger partial charge on any atom is 0.314 e. The highest BCUT2D eigenvalue weighted by Crippen LogP contribution is 2.18. The predicted molar refractivity (Wildman–Crippen MR) is 120 cm³/mol. The smallest absolute Gasteiger partial charge is 0.314 e. The molecule has 0 saturated heterocycles. The fourth-order valence-electron chi connectivity index (χ4n) is 3.43. The number of aromatic nitrogens is 5. The molecule has 0 aliphatic rings. The van der Waals surface area contributed by atoms with E-state index < -0.39 is 11.8 Å². The lowest BCUT2D eigenvalue weighted by Crippen LogP contribution is -2.37. The molecule has 0 radical (unpaired) electrons. The Morgan fingerprint density at radius 3 is 2.78 bits per heavy atom. The van der Waals surface area contributed by atoms with Gasteiger partial charge in [-0.2, -0.15) is 9.78 Å². The number of hydrogen-bond donors (Lipinski definition) is 4. The minimum Gasteiger partial charge on any atom is -0.361 e. The topological polar surface area (TPSA) is 138 Å². The zero-order chi connectivity index (χ0) is 22.7. The summed E-state index contributed by atoms with van der Waals surface area (Å²) in [4.78, 5) is 46.8. The van der Waals surface area contributed by atoms with Crippen molar-refractivity contribution < 1.29 is 9.59 Å². The first kappa shape index (κ1) is 21.0. The van der Waals surface area contributed by atoms with E-state index >= 15 is 0 Å². The van der Waals surface area contributed by atoms with E-state index in [9.17, 15) is 14.4 Å². The second-order valence-electron chi connectivity index (χ2n) is 7.32. The standard InChI is InChI=1S/C22H23N7O3/c1-3-15-11-19(30)27-22(25-15)29-18(10-13(2)28-29)26-21(32)20(31)23-9-8-14-12-24-17-7-5-4-6-16(14)17/h4-7,10-12,24H,3,8-9H2,1-2H3,(H,23,31)(H,26,32)(H,25,27,30). The fourth-order valence-corrected chi connectivity index (χ4v) is 3.43. The van der Waals surface area contributed by atoms with E-state index in [4.69, 9.17) is 0 Å². The first-order valence-corrected chi connectivity index (χ1v) is 10.3. The van der Waals surface area contributed by atoms with E-state index in [0.29, 0.717) is 30.8 Å². The molecule has 0 fully saturated rings. The highest BCUT2D eigenvalue weighted by molar-refractivity contribution is 6.39. The molecule has 4 rings (SSSR count). The number of amides is 2. The summed E-state index contributed by atoms with van der Waals surface area (Å²) < 4.78 is 1.30. The summed E-state index contributed by atoms with van der Waals surface area (Å²) in [5.74, 6) is -1.20.